The number of rotatable bonds is 3. The third-order valence-corrected chi connectivity index (χ3v) is 4.74. The fourth-order valence-corrected chi connectivity index (χ4v) is 3.46. The van der Waals surface area contributed by atoms with Gasteiger partial charge in [0.05, 0.1) is 17.5 Å². The number of aliphatic carboxylic acids is 1. The lowest BCUT2D eigenvalue weighted by molar-refractivity contribution is -0.136. The minimum absolute atomic E-state index is 0.0935. The summed E-state index contributed by atoms with van der Waals surface area (Å²) in [4.78, 5) is 24.3. The number of carbonyl (C=O) groups excluding carboxylic acids is 1. The summed E-state index contributed by atoms with van der Waals surface area (Å²) in [5.74, 6) is -3.26. The summed E-state index contributed by atoms with van der Waals surface area (Å²) in [6.07, 6.45) is -0.490. The standard InChI is InChI=1S/C17H11FN2O4S/c1-8-11(5-14(22)23)15-12(2-3-13(21)16(15)18)20(8)17(24)9-4-10(6-19)25-7-9/h2-4,7,21H,5H2,1H3,(H,22,23). The van der Waals surface area contributed by atoms with E-state index in [1.54, 1.807) is 0 Å². The van der Waals surface area contributed by atoms with E-state index in [9.17, 15) is 19.1 Å². The molecule has 0 aliphatic heterocycles. The first-order valence-electron chi connectivity index (χ1n) is 7.11. The Morgan fingerprint density at radius 3 is 2.72 bits per heavy atom. The molecule has 0 bridgehead atoms. The van der Waals surface area contributed by atoms with E-state index in [0.717, 1.165) is 17.4 Å². The quantitative estimate of drug-likeness (QED) is 0.749. The molecule has 6 nitrogen and oxygen atoms in total. The van der Waals surface area contributed by atoms with Gasteiger partial charge in [-0.2, -0.15) is 5.26 Å². The number of thiophene rings is 1. The Morgan fingerprint density at radius 2 is 2.12 bits per heavy atom. The number of nitriles is 1. The highest BCUT2D eigenvalue weighted by Gasteiger charge is 2.25. The number of carboxylic acid groups (broad SMARTS) is 1. The van der Waals surface area contributed by atoms with Crippen molar-refractivity contribution >= 4 is 34.1 Å². The molecule has 3 rings (SSSR count). The Kier molecular flexibility index (Phi) is 4.02. The average molecular weight is 358 g/mol. The van der Waals surface area contributed by atoms with Gasteiger partial charge in [0.1, 0.15) is 10.9 Å². The van der Waals surface area contributed by atoms with Crippen molar-refractivity contribution in [2.45, 2.75) is 13.3 Å². The van der Waals surface area contributed by atoms with Crippen molar-refractivity contribution in [3.8, 4) is 11.8 Å². The first-order chi connectivity index (χ1) is 11.8. The van der Waals surface area contributed by atoms with E-state index in [-0.39, 0.29) is 27.7 Å². The van der Waals surface area contributed by atoms with E-state index >= 15 is 0 Å². The van der Waals surface area contributed by atoms with Crippen molar-refractivity contribution in [1.29, 1.82) is 5.26 Å². The Bertz CT molecular complexity index is 1070. The smallest absolute Gasteiger partial charge is 0.307 e. The molecule has 0 amide bonds. The Balaban J connectivity index is 2.30. The molecule has 0 fully saturated rings. The molecular weight excluding hydrogens is 347 g/mol. The zero-order chi connectivity index (χ0) is 18.3. The van der Waals surface area contributed by atoms with Crippen LogP contribution in [0.2, 0.25) is 0 Å². The summed E-state index contributed by atoms with van der Waals surface area (Å²) in [6.45, 7) is 1.52. The van der Waals surface area contributed by atoms with Crippen LogP contribution in [0.25, 0.3) is 10.9 Å². The summed E-state index contributed by atoms with van der Waals surface area (Å²) >= 11 is 1.10. The Labute approximate surface area is 145 Å². The molecule has 2 heterocycles. The van der Waals surface area contributed by atoms with Crippen LogP contribution in [0, 0.1) is 24.1 Å². The van der Waals surface area contributed by atoms with Crippen molar-refractivity contribution in [2.24, 2.45) is 0 Å². The fraction of sp³-hybridized carbons (Fsp3) is 0.118. The molecule has 1 aromatic carbocycles. The number of carbonyl (C=O) groups is 2. The van der Waals surface area contributed by atoms with E-state index < -0.39 is 29.9 Å². The fourth-order valence-electron chi connectivity index (χ4n) is 2.79. The Morgan fingerprint density at radius 1 is 1.40 bits per heavy atom. The molecule has 3 aromatic rings. The van der Waals surface area contributed by atoms with Crippen LogP contribution in [-0.2, 0) is 11.2 Å². The molecule has 0 spiro atoms. The second-order valence-electron chi connectivity index (χ2n) is 5.38. The van der Waals surface area contributed by atoms with Crippen LogP contribution in [0.3, 0.4) is 0 Å². The molecule has 0 atom stereocenters. The van der Waals surface area contributed by atoms with Gasteiger partial charge in [-0.15, -0.1) is 11.3 Å². The summed E-state index contributed by atoms with van der Waals surface area (Å²) in [7, 11) is 0. The predicted octanol–water partition coefficient (Wildman–Crippen LogP) is 3.04. The molecule has 2 aromatic heterocycles. The SMILES string of the molecule is Cc1c(CC(=O)O)c2c(F)c(O)ccc2n1C(=O)c1csc(C#N)c1. The van der Waals surface area contributed by atoms with Gasteiger partial charge in [-0.1, -0.05) is 0 Å². The van der Waals surface area contributed by atoms with Crippen LogP contribution < -0.4 is 0 Å². The largest absolute Gasteiger partial charge is 0.505 e. The lowest BCUT2D eigenvalue weighted by Crippen LogP contribution is -2.13. The molecule has 8 heteroatoms. The van der Waals surface area contributed by atoms with Gasteiger partial charge in [0.15, 0.2) is 11.6 Å². The summed E-state index contributed by atoms with van der Waals surface area (Å²) < 4.78 is 15.6. The van der Waals surface area contributed by atoms with Gasteiger partial charge in [-0.05, 0) is 30.7 Å². The minimum atomic E-state index is -1.18. The summed E-state index contributed by atoms with van der Waals surface area (Å²) in [5, 5.41) is 29.0. The number of benzene rings is 1. The number of aromatic nitrogens is 1. The normalized spacial score (nSPS) is 10.8. The maximum Gasteiger partial charge on any atom is 0.307 e. The number of phenols is 1. The van der Waals surface area contributed by atoms with Crippen LogP contribution in [0.5, 0.6) is 5.75 Å². The van der Waals surface area contributed by atoms with Crippen LogP contribution in [0.1, 0.15) is 26.5 Å². The van der Waals surface area contributed by atoms with E-state index in [1.165, 1.54) is 29.0 Å². The lowest BCUT2D eigenvalue weighted by Gasteiger charge is -2.06. The van der Waals surface area contributed by atoms with Gasteiger partial charge in [-0.25, -0.2) is 4.39 Å². The molecule has 0 unspecified atom stereocenters. The molecular formula is C17H11FN2O4S. The second kappa shape index (κ2) is 6.03. The second-order valence-corrected chi connectivity index (χ2v) is 6.29. The van der Waals surface area contributed by atoms with Crippen LogP contribution >= 0.6 is 11.3 Å². The number of carboxylic acids is 1. The Hall–Kier alpha value is -3.18. The molecule has 126 valence electrons. The first kappa shape index (κ1) is 16.7. The summed E-state index contributed by atoms with van der Waals surface area (Å²) in [6, 6.07) is 5.84. The number of fused-ring (bicyclic) bond motifs is 1. The highest BCUT2D eigenvalue weighted by molar-refractivity contribution is 7.10. The van der Waals surface area contributed by atoms with E-state index in [4.69, 9.17) is 10.4 Å². The maximum atomic E-state index is 14.4. The van der Waals surface area contributed by atoms with Crippen molar-refractivity contribution in [1.82, 2.24) is 4.57 Å². The number of phenolic OH excluding ortho intramolecular Hbond substituents is 1. The molecule has 0 saturated carbocycles. The molecule has 0 saturated heterocycles. The highest BCUT2D eigenvalue weighted by Crippen LogP contribution is 2.33. The number of aromatic hydroxyl groups is 1. The van der Waals surface area contributed by atoms with Crippen molar-refractivity contribution in [3.63, 3.8) is 0 Å². The highest BCUT2D eigenvalue weighted by atomic mass is 32.1. The third-order valence-electron chi connectivity index (χ3n) is 3.90. The van der Waals surface area contributed by atoms with Crippen molar-refractivity contribution < 1.29 is 24.2 Å². The van der Waals surface area contributed by atoms with Crippen LogP contribution in [0.4, 0.5) is 4.39 Å². The van der Waals surface area contributed by atoms with Gasteiger partial charge in [0.25, 0.3) is 5.91 Å². The molecule has 0 aliphatic carbocycles. The molecule has 2 N–H and O–H groups in total. The van der Waals surface area contributed by atoms with E-state index in [1.807, 2.05) is 6.07 Å². The predicted molar refractivity (Wildman–Crippen MR) is 88.4 cm³/mol. The third kappa shape index (κ3) is 2.64. The molecule has 25 heavy (non-hydrogen) atoms. The van der Waals surface area contributed by atoms with Gasteiger partial charge in [0, 0.05) is 16.5 Å². The zero-order valence-corrected chi connectivity index (χ0v) is 13.7. The average Bonchev–Trinajstić information content (AvgIpc) is 3.14. The van der Waals surface area contributed by atoms with Crippen molar-refractivity contribution in [2.75, 3.05) is 0 Å². The number of nitrogens with zero attached hydrogens (tertiary/aromatic N) is 2. The number of halogens is 1. The minimum Gasteiger partial charge on any atom is -0.505 e. The van der Waals surface area contributed by atoms with E-state index in [2.05, 4.69) is 0 Å². The molecule has 0 radical (unpaired) electrons. The zero-order valence-electron chi connectivity index (χ0n) is 12.9. The lowest BCUT2D eigenvalue weighted by atomic mass is 10.1. The number of hydrogen-bond donors (Lipinski definition) is 2. The van der Waals surface area contributed by atoms with Gasteiger partial charge in [-0.3, -0.25) is 14.2 Å². The molecule has 0 aliphatic rings. The number of hydrogen-bond acceptors (Lipinski definition) is 5. The topological polar surface area (TPSA) is 103 Å². The maximum absolute atomic E-state index is 14.4. The van der Waals surface area contributed by atoms with Crippen LogP contribution in [-0.4, -0.2) is 26.7 Å². The monoisotopic (exact) mass is 358 g/mol. The van der Waals surface area contributed by atoms with Gasteiger partial charge in [0.2, 0.25) is 0 Å². The van der Waals surface area contributed by atoms with Crippen LogP contribution in [0.15, 0.2) is 23.6 Å². The van der Waals surface area contributed by atoms with E-state index in [0.29, 0.717) is 4.88 Å². The van der Waals surface area contributed by atoms with Gasteiger partial charge < -0.3 is 10.2 Å². The summed E-state index contributed by atoms with van der Waals surface area (Å²) in [5.41, 5.74) is 0.812. The van der Waals surface area contributed by atoms with Crippen molar-refractivity contribution in [3.05, 3.63) is 51.1 Å². The van der Waals surface area contributed by atoms with Gasteiger partial charge >= 0.3 is 5.97 Å². The first-order valence-corrected chi connectivity index (χ1v) is 7.99.